The van der Waals surface area contributed by atoms with E-state index in [0.29, 0.717) is 17.7 Å². The Balaban J connectivity index is 1.87. The molecular formula is C16H20ClN3O. The predicted octanol–water partition coefficient (Wildman–Crippen LogP) is 2.79. The molecule has 0 saturated heterocycles. The number of aliphatic hydroxyl groups is 1. The third kappa shape index (κ3) is 3.12. The van der Waals surface area contributed by atoms with E-state index in [2.05, 4.69) is 10.00 Å². The summed E-state index contributed by atoms with van der Waals surface area (Å²) < 4.78 is 1.79. The summed E-state index contributed by atoms with van der Waals surface area (Å²) in [6.07, 6.45) is 2.42. The molecule has 1 N–H and O–H groups in total. The molecule has 0 unspecified atom stereocenters. The Morgan fingerprint density at radius 1 is 1.33 bits per heavy atom. The molecule has 0 radical (unpaired) electrons. The lowest BCUT2D eigenvalue weighted by atomic mass is 10.2. The normalized spacial score (nSPS) is 14.9. The molecule has 112 valence electrons. The van der Waals surface area contributed by atoms with Crippen molar-refractivity contribution < 1.29 is 5.11 Å². The molecule has 21 heavy (non-hydrogen) atoms. The van der Waals surface area contributed by atoms with Gasteiger partial charge in [0.1, 0.15) is 5.15 Å². The van der Waals surface area contributed by atoms with Gasteiger partial charge in [0.15, 0.2) is 0 Å². The maximum absolute atomic E-state index is 9.22. The Morgan fingerprint density at radius 3 is 2.67 bits per heavy atom. The van der Waals surface area contributed by atoms with Crippen LogP contribution in [-0.4, -0.2) is 39.0 Å². The van der Waals surface area contributed by atoms with Crippen molar-refractivity contribution in [3.05, 3.63) is 46.7 Å². The van der Waals surface area contributed by atoms with E-state index in [9.17, 15) is 5.11 Å². The van der Waals surface area contributed by atoms with Crippen LogP contribution in [0.5, 0.6) is 0 Å². The Hall–Kier alpha value is -1.36. The first-order chi connectivity index (χ1) is 10.2. The third-order valence-electron chi connectivity index (χ3n) is 3.93. The Kier molecular flexibility index (Phi) is 4.29. The van der Waals surface area contributed by atoms with Gasteiger partial charge in [0, 0.05) is 24.7 Å². The van der Waals surface area contributed by atoms with E-state index in [1.54, 1.807) is 4.68 Å². The van der Waals surface area contributed by atoms with Crippen molar-refractivity contribution in [2.75, 3.05) is 13.2 Å². The molecule has 2 aromatic rings. The van der Waals surface area contributed by atoms with Gasteiger partial charge < -0.3 is 5.11 Å². The van der Waals surface area contributed by atoms with Gasteiger partial charge in [-0.1, -0.05) is 29.8 Å². The Bertz CT molecular complexity index is 607. The second-order valence-corrected chi connectivity index (χ2v) is 5.89. The van der Waals surface area contributed by atoms with Crippen LogP contribution in [0.2, 0.25) is 5.15 Å². The van der Waals surface area contributed by atoms with Gasteiger partial charge in [0.25, 0.3) is 0 Å². The van der Waals surface area contributed by atoms with Crippen molar-refractivity contribution >= 4 is 11.6 Å². The van der Waals surface area contributed by atoms with Gasteiger partial charge in [0.05, 0.1) is 18.0 Å². The lowest BCUT2D eigenvalue weighted by Gasteiger charge is -2.20. The van der Waals surface area contributed by atoms with Gasteiger partial charge >= 0.3 is 0 Å². The van der Waals surface area contributed by atoms with Crippen LogP contribution in [0.1, 0.15) is 24.1 Å². The molecule has 4 nitrogen and oxygen atoms in total. The smallest absolute Gasteiger partial charge is 0.137 e. The zero-order valence-corrected chi connectivity index (χ0v) is 12.9. The second-order valence-electron chi connectivity index (χ2n) is 5.53. The molecule has 1 aliphatic rings. The first-order valence-electron chi connectivity index (χ1n) is 7.35. The van der Waals surface area contributed by atoms with Gasteiger partial charge in [0.2, 0.25) is 0 Å². The van der Waals surface area contributed by atoms with E-state index in [4.69, 9.17) is 11.6 Å². The predicted molar refractivity (Wildman–Crippen MR) is 83.8 cm³/mol. The number of rotatable bonds is 6. The summed E-state index contributed by atoms with van der Waals surface area (Å²) >= 11 is 6.54. The molecule has 0 aliphatic heterocycles. The molecule has 1 aromatic heterocycles. The third-order valence-corrected chi connectivity index (χ3v) is 4.32. The number of halogens is 1. The highest BCUT2D eigenvalue weighted by atomic mass is 35.5. The van der Waals surface area contributed by atoms with Crippen LogP contribution in [-0.2, 0) is 6.54 Å². The summed E-state index contributed by atoms with van der Waals surface area (Å²) in [5.41, 5.74) is 2.98. The number of nitrogens with zero attached hydrogens (tertiary/aromatic N) is 3. The van der Waals surface area contributed by atoms with Crippen molar-refractivity contribution in [1.29, 1.82) is 0 Å². The Morgan fingerprint density at radius 2 is 2.05 bits per heavy atom. The summed E-state index contributed by atoms with van der Waals surface area (Å²) in [5.74, 6) is 0. The highest BCUT2D eigenvalue weighted by Gasteiger charge is 2.30. The van der Waals surface area contributed by atoms with Crippen molar-refractivity contribution in [2.45, 2.75) is 32.4 Å². The lowest BCUT2D eigenvalue weighted by Crippen LogP contribution is -2.28. The first-order valence-corrected chi connectivity index (χ1v) is 7.73. The fraction of sp³-hybridized carbons (Fsp3) is 0.438. The molecule has 1 aliphatic carbocycles. The maximum atomic E-state index is 9.22. The molecule has 1 fully saturated rings. The molecule has 3 rings (SSSR count). The minimum absolute atomic E-state index is 0.181. The summed E-state index contributed by atoms with van der Waals surface area (Å²) in [5, 5.41) is 14.5. The lowest BCUT2D eigenvalue weighted by molar-refractivity contribution is 0.183. The summed E-state index contributed by atoms with van der Waals surface area (Å²) in [7, 11) is 0. The number of aryl methyl sites for hydroxylation is 1. The SMILES string of the molecule is Cc1nn(-c2ccccc2)c(Cl)c1CN(CCO)C1CC1. The Labute approximate surface area is 130 Å². The number of hydrogen-bond donors (Lipinski definition) is 1. The second kappa shape index (κ2) is 6.18. The largest absolute Gasteiger partial charge is 0.395 e. The highest BCUT2D eigenvalue weighted by Crippen LogP contribution is 2.31. The van der Waals surface area contributed by atoms with Crippen LogP contribution in [0, 0.1) is 6.92 Å². The van der Waals surface area contributed by atoms with Crippen LogP contribution < -0.4 is 0 Å². The zero-order chi connectivity index (χ0) is 14.8. The van der Waals surface area contributed by atoms with Gasteiger partial charge in [-0.25, -0.2) is 4.68 Å². The van der Waals surface area contributed by atoms with Crippen molar-refractivity contribution in [3.8, 4) is 5.69 Å². The zero-order valence-electron chi connectivity index (χ0n) is 12.2. The van der Waals surface area contributed by atoms with Crippen molar-refractivity contribution in [1.82, 2.24) is 14.7 Å². The molecular weight excluding hydrogens is 286 g/mol. The molecule has 1 aromatic carbocycles. The quantitative estimate of drug-likeness (QED) is 0.892. The number of hydrogen-bond acceptors (Lipinski definition) is 3. The average Bonchev–Trinajstić information content (AvgIpc) is 3.30. The van der Waals surface area contributed by atoms with Crippen LogP contribution in [0.4, 0.5) is 0 Å². The van der Waals surface area contributed by atoms with E-state index < -0.39 is 0 Å². The van der Waals surface area contributed by atoms with Gasteiger partial charge in [-0.15, -0.1) is 0 Å². The number of aliphatic hydroxyl groups excluding tert-OH is 1. The maximum Gasteiger partial charge on any atom is 0.137 e. The van der Waals surface area contributed by atoms with Gasteiger partial charge in [-0.3, -0.25) is 4.90 Å². The van der Waals surface area contributed by atoms with Crippen molar-refractivity contribution in [3.63, 3.8) is 0 Å². The number of para-hydroxylation sites is 1. The molecule has 0 amide bonds. The topological polar surface area (TPSA) is 41.3 Å². The summed E-state index contributed by atoms with van der Waals surface area (Å²) in [6.45, 7) is 3.62. The minimum atomic E-state index is 0.181. The van der Waals surface area contributed by atoms with E-state index in [1.807, 2.05) is 37.3 Å². The van der Waals surface area contributed by atoms with E-state index >= 15 is 0 Å². The van der Waals surface area contributed by atoms with Crippen LogP contribution in [0.15, 0.2) is 30.3 Å². The van der Waals surface area contributed by atoms with Gasteiger partial charge in [-0.2, -0.15) is 5.10 Å². The fourth-order valence-corrected chi connectivity index (χ4v) is 2.95. The standard InChI is InChI=1S/C16H20ClN3O/c1-12-15(11-19(9-10-21)13-7-8-13)16(17)20(18-12)14-5-3-2-4-6-14/h2-6,13,21H,7-11H2,1H3. The molecule has 1 saturated carbocycles. The summed E-state index contributed by atoms with van der Waals surface area (Å²) in [4.78, 5) is 2.30. The van der Waals surface area contributed by atoms with E-state index in [0.717, 1.165) is 23.5 Å². The number of aromatic nitrogens is 2. The molecule has 0 bridgehead atoms. The highest BCUT2D eigenvalue weighted by molar-refractivity contribution is 6.30. The van der Waals surface area contributed by atoms with Crippen LogP contribution in [0.3, 0.4) is 0 Å². The average molecular weight is 306 g/mol. The molecule has 0 spiro atoms. The molecule has 0 atom stereocenters. The van der Waals surface area contributed by atoms with E-state index in [1.165, 1.54) is 12.8 Å². The molecule has 5 heteroatoms. The fourth-order valence-electron chi connectivity index (χ4n) is 2.61. The number of benzene rings is 1. The van der Waals surface area contributed by atoms with E-state index in [-0.39, 0.29) is 6.61 Å². The van der Waals surface area contributed by atoms with Crippen LogP contribution in [0.25, 0.3) is 5.69 Å². The minimum Gasteiger partial charge on any atom is -0.395 e. The van der Waals surface area contributed by atoms with Gasteiger partial charge in [-0.05, 0) is 31.9 Å². The monoisotopic (exact) mass is 305 g/mol. The first kappa shape index (κ1) is 14.6. The summed E-state index contributed by atoms with van der Waals surface area (Å²) in [6, 6.07) is 10.5. The van der Waals surface area contributed by atoms with Crippen LogP contribution >= 0.6 is 11.6 Å². The van der Waals surface area contributed by atoms with Crippen molar-refractivity contribution in [2.24, 2.45) is 0 Å². The molecule has 1 heterocycles.